The Labute approximate surface area is 182 Å². The van der Waals surface area contributed by atoms with Crippen LogP contribution in [0.3, 0.4) is 0 Å². The van der Waals surface area contributed by atoms with Crippen molar-refractivity contribution < 1.29 is 29.3 Å². The lowest BCUT2D eigenvalue weighted by atomic mass is 9.59. The van der Waals surface area contributed by atoms with Crippen molar-refractivity contribution in [2.45, 2.75) is 85.9 Å². The van der Waals surface area contributed by atoms with Gasteiger partial charge >= 0.3 is 5.97 Å². The van der Waals surface area contributed by atoms with E-state index in [0.717, 1.165) is 44.0 Å². The number of aliphatic hydroxyl groups excluding tert-OH is 2. The van der Waals surface area contributed by atoms with Crippen LogP contribution in [0.15, 0.2) is 35.6 Å². The van der Waals surface area contributed by atoms with Crippen molar-refractivity contribution in [1.82, 2.24) is 0 Å². The molecule has 1 saturated carbocycles. The maximum atomic E-state index is 11.9. The summed E-state index contributed by atoms with van der Waals surface area (Å²) in [5.74, 6) is -0.557. The number of hydrogen-bond donors (Lipinski definition) is 2. The summed E-state index contributed by atoms with van der Waals surface area (Å²) in [6.07, 6.45) is 5.38. The molecule has 0 aromatic rings. The molecular formula is C24H42O6. The Morgan fingerprint density at radius 1 is 1.33 bits per heavy atom. The van der Waals surface area contributed by atoms with Crippen LogP contribution < -0.4 is 0 Å². The Morgan fingerprint density at radius 2 is 1.87 bits per heavy atom. The smallest absolute Gasteiger partial charge is 0.338 e. The van der Waals surface area contributed by atoms with Gasteiger partial charge in [-0.2, -0.15) is 0 Å². The summed E-state index contributed by atoms with van der Waals surface area (Å²) in [4.78, 5) is 20.7. The van der Waals surface area contributed by atoms with E-state index >= 15 is 0 Å². The average molecular weight is 427 g/mol. The summed E-state index contributed by atoms with van der Waals surface area (Å²) in [6.45, 7) is 18.3. The first-order valence-corrected chi connectivity index (χ1v) is 10.5. The Balaban J connectivity index is 0. The van der Waals surface area contributed by atoms with E-state index in [-0.39, 0.29) is 17.4 Å². The number of carbonyl (C=O) groups excluding carboxylic acids is 2. The molecule has 1 aliphatic carbocycles. The zero-order valence-electron chi connectivity index (χ0n) is 20.1. The molecule has 6 nitrogen and oxygen atoms in total. The highest BCUT2D eigenvalue weighted by atomic mass is 16.6. The third-order valence-electron chi connectivity index (χ3n) is 5.02. The summed E-state index contributed by atoms with van der Waals surface area (Å²) in [5, 5.41) is 19.4. The molecule has 0 aromatic carbocycles. The van der Waals surface area contributed by atoms with Crippen LogP contribution in [0.5, 0.6) is 0 Å². The largest absolute Gasteiger partial charge is 0.515 e. The summed E-state index contributed by atoms with van der Waals surface area (Å²) in [7, 11) is 1.69. The molecule has 2 atom stereocenters. The molecule has 1 unspecified atom stereocenters. The van der Waals surface area contributed by atoms with Gasteiger partial charge in [0.05, 0.1) is 18.4 Å². The van der Waals surface area contributed by atoms with Crippen molar-refractivity contribution in [2.24, 2.45) is 5.41 Å². The normalized spacial score (nSPS) is 25.4. The predicted molar refractivity (Wildman–Crippen MR) is 121 cm³/mol. The molecule has 0 aromatic heterocycles. The fraction of sp³-hybridized carbons (Fsp3) is 0.667. The summed E-state index contributed by atoms with van der Waals surface area (Å²) in [6, 6.07) is 0. The zero-order chi connectivity index (χ0) is 24.0. The van der Waals surface area contributed by atoms with Gasteiger partial charge in [0.25, 0.3) is 0 Å². The monoisotopic (exact) mass is 426 g/mol. The van der Waals surface area contributed by atoms with E-state index in [4.69, 9.17) is 19.4 Å². The lowest BCUT2D eigenvalue weighted by molar-refractivity contribution is -0.198. The standard InChI is InChI=1S/C14H20O4.C6H12O.C2H4O.C2H6/c1-9-5-4-6-13(2,3)14(9)11(16)7-10(8-15)12(17)18-14;1-6(2)4-5-7-3;1-2-3;1-2/h8,11,15-16H,1,4-7H2,2-3H3;4H,5H2,1-3H3;2H,1H3;1-2H3/b10-8+;;;/t11-,14?;;;/m1.../s1. The van der Waals surface area contributed by atoms with E-state index in [1.807, 2.05) is 33.8 Å². The number of allylic oxidation sites excluding steroid dienone is 1. The molecule has 2 fully saturated rings. The van der Waals surface area contributed by atoms with E-state index in [9.17, 15) is 9.90 Å². The van der Waals surface area contributed by atoms with Crippen LogP contribution in [-0.4, -0.2) is 47.9 Å². The first-order valence-electron chi connectivity index (χ1n) is 10.5. The number of ether oxygens (including phenoxy) is 2. The second-order valence-electron chi connectivity index (χ2n) is 7.81. The maximum absolute atomic E-state index is 11.9. The molecule has 0 radical (unpaired) electrons. The Bertz CT molecular complexity index is 599. The van der Waals surface area contributed by atoms with Gasteiger partial charge in [-0.15, -0.1) is 0 Å². The summed E-state index contributed by atoms with van der Waals surface area (Å²) in [5.41, 5.74) is 0.827. The van der Waals surface area contributed by atoms with Crippen LogP contribution >= 0.6 is 0 Å². The topological polar surface area (TPSA) is 93.1 Å². The van der Waals surface area contributed by atoms with Crippen molar-refractivity contribution in [2.75, 3.05) is 13.7 Å². The minimum atomic E-state index is -1.02. The molecule has 1 spiro atoms. The Morgan fingerprint density at radius 3 is 2.23 bits per heavy atom. The molecule has 1 aliphatic heterocycles. The maximum Gasteiger partial charge on any atom is 0.338 e. The van der Waals surface area contributed by atoms with Crippen molar-refractivity contribution >= 4 is 12.3 Å². The van der Waals surface area contributed by atoms with Crippen LogP contribution in [0.25, 0.3) is 0 Å². The van der Waals surface area contributed by atoms with Crippen LogP contribution in [0.2, 0.25) is 0 Å². The third kappa shape index (κ3) is 8.07. The Kier molecular flexibility index (Phi) is 15.1. The first kappa shape index (κ1) is 30.3. The SMILES string of the molecule is C=C1CCCC(C)(C)C12OC(=O)/C(=C/O)C[C@H]2O.CC.CC=O.COCC=C(C)C. The molecule has 1 heterocycles. The van der Waals surface area contributed by atoms with Crippen LogP contribution in [0.4, 0.5) is 0 Å². The highest BCUT2D eigenvalue weighted by Gasteiger charge is 2.59. The minimum absolute atomic E-state index is 0.109. The Hall–Kier alpha value is -1.92. The molecule has 2 N–H and O–H groups in total. The molecule has 1 saturated heterocycles. The second-order valence-corrected chi connectivity index (χ2v) is 7.81. The number of esters is 1. The van der Waals surface area contributed by atoms with Gasteiger partial charge in [0.2, 0.25) is 0 Å². The van der Waals surface area contributed by atoms with Gasteiger partial charge in [-0.25, -0.2) is 4.79 Å². The number of aliphatic hydroxyl groups is 2. The fourth-order valence-corrected chi connectivity index (χ4v) is 3.56. The van der Waals surface area contributed by atoms with E-state index < -0.39 is 17.7 Å². The van der Waals surface area contributed by atoms with Crippen LogP contribution in [0.1, 0.15) is 74.1 Å². The number of hydrogen-bond acceptors (Lipinski definition) is 6. The van der Waals surface area contributed by atoms with Crippen molar-refractivity contribution in [3.63, 3.8) is 0 Å². The minimum Gasteiger partial charge on any atom is -0.515 e. The van der Waals surface area contributed by atoms with Gasteiger partial charge in [0.1, 0.15) is 12.4 Å². The van der Waals surface area contributed by atoms with Crippen LogP contribution in [0, 0.1) is 5.41 Å². The molecule has 0 bridgehead atoms. The third-order valence-corrected chi connectivity index (χ3v) is 5.02. The van der Waals surface area contributed by atoms with E-state index in [0.29, 0.717) is 0 Å². The van der Waals surface area contributed by atoms with Crippen LogP contribution in [-0.2, 0) is 19.1 Å². The molecule has 30 heavy (non-hydrogen) atoms. The predicted octanol–water partition coefficient (Wildman–Crippen LogP) is 5.07. The molecule has 6 heteroatoms. The van der Waals surface area contributed by atoms with Gasteiger partial charge < -0.3 is 24.5 Å². The average Bonchev–Trinajstić information content (AvgIpc) is 2.69. The molecule has 0 amide bonds. The molecular weight excluding hydrogens is 384 g/mol. The zero-order valence-corrected chi connectivity index (χ0v) is 20.1. The number of methoxy groups -OCH3 is 1. The number of carbonyl (C=O) groups is 2. The van der Waals surface area contributed by atoms with Crippen molar-refractivity contribution in [3.05, 3.63) is 35.6 Å². The van der Waals surface area contributed by atoms with E-state index in [1.54, 1.807) is 7.11 Å². The first-order chi connectivity index (χ1) is 14.0. The lowest BCUT2D eigenvalue weighted by Gasteiger charge is -2.54. The lowest BCUT2D eigenvalue weighted by Crippen LogP contribution is -2.62. The van der Waals surface area contributed by atoms with Crippen molar-refractivity contribution in [1.29, 1.82) is 0 Å². The van der Waals surface area contributed by atoms with Crippen molar-refractivity contribution in [3.8, 4) is 0 Å². The molecule has 2 aliphatic rings. The van der Waals surface area contributed by atoms with Gasteiger partial charge in [0.15, 0.2) is 5.60 Å². The molecule has 174 valence electrons. The fourth-order valence-electron chi connectivity index (χ4n) is 3.56. The van der Waals surface area contributed by atoms with E-state index in [2.05, 4.69) is 20.4 Å². The number of aldehydes is 1. The van der Waals surface area contributed by atoms with Gasteiger partial charge in [-0.3, -0.25) is 0 Å². The molecule has 2 rings (SSSR count). The highest BCUT2D eigenvalue weighted by Crippen LogP contribution is 2.53. The summed E-state index contributed by atoms with van der Waals surface area (Å²) >= 11 is 0. The van der Waals surface area contributed by atoms with Gasteiger partial charge in [0, 0.05) is 18.9 Å². The highest BCUT2D eigenvalue weighted by molar-refractivity contribution is 5.90. The second kappa shape index (κ2) is 15.0. The van der Waals surface area contributed by atoms with Gasteiger partial charge in [-0.05, 0) is 45.6 Å². The van der Waals surface area contributed by atoms with Gasteiger partial charge in [-0.1, -0.05) is 45.9 Å². The van der Waals surface area contributed by atoms with E-state index in [1.165, 1.54) is 12.5 Å². The quantitative estimate of drug-likeness (QED) is 0.210. The summed E-state index contributed by atoms with van der Waals surface area (Å²) < 4.78 is 10.3. The number of rotatable bonds is 2.